The van der Waals surface area contributed by atoms with Gasteiger partial charge in [0.2, 0.25) is 0 Å². The molecular weight excluding hydrogens is 392 g/mol. The van der Waals surface area contributed by atoms with Gasteiger partial charge in [-0.1, -0.05) is 88.1 Å². The van der Waals surface area contributed by atoms with Crippen molar-refractivity contribution in [3.63, 3.8) is 0 Å². The van der Waals surface area contributed by atoms with Crippen molar-refractivity contribution in [3.8, 4) is 0 Å². The van der Waals surface area contributed by atoms with Gasteiger partial charge in [-0.25, -0.2) is 4.99 Å². The molecule has 3 nitrogen and oxygen atoms in total. The van der Waals surface area contributed by atoms with E-state index >= 15 is 0 Å². The zero-order valence-corrected chi connectivity index (χ0v) is 18.1. The first-order valence-corrected chi connectivity index (χ1v) is 10.1. The van der Waals surface area contributed by atoms with Gasteiger partial charge in [-0.3, -0.25) is 4.57 Å². The largest absolute Gasteiger partial charge is 0.455 e. The molecule has 0 radical (unpaired) electrons. The number of aliphatic imine (C=N–C) groups is 1. The van der Waals surface area contributed by atoms with Crippen LogP contribution >= 0.6 is 0 Å². The Bertz CT molecular complexity index is 1360. The van der Waals surface area contributed by atoms with E-state index in [1.807, 2.05) is 47.1 Å². The van der Waals surface area contributed by atoms with Crippen LogP contribution in [0.15, 0.2) is 104 Å². The summed E-state index contributed by atoms with van der Waals surface area (Å²) < 4.78 is 8.34. The number of hydrogen-bond acceptors (Lipinski definition) is 2. The predicted molar refractivity (Wildman–Crippen MR) is 144 cm³/mol. The fraction of sp³-hybridized carbons (Fsp3) is 0. The number of nitrogens with zero attached hydrogens (tertiary/aromatic N) is 2. The minimum atomic E-state index is 0.680. The molecule has 32 heavy (non-hydrogen) atoms. The molecule has 0 saturated carbocycles. The first kappa shape index (κ1) is 22.3. The lowest BCUT2D eigenvalue weighted by molar-refractivity contribution is 0.606. The summed E-state index contributed by atoms with van der Waals surface area (Å²) in [6, 6.07) is 4.11. The summed E-state index contributed by atoms with van der Waals surface area (Å²) in [6.07, 6.45) is 21.6. The number of rotatable bonds is 10. The fourth-order valence-electron chi connectivity index (χ4n) is 3.69. The van der Waals surface area contributed by atoms with Crippen LogP contribution in [0.1, 0.15) is 22.6 Å². The Kier molecular flexibility index (Phi) is 7.04. The van der Waals surface area contributed by atoms with Crippen LogP contribution in [0.25, 0.3) is 52.0 Å². The normalized spacial score (nSPS) is 12.3. The van der Waals surface area contributed by atoms with Crippen molar-refractivity contribution >= 4 is 58.2 Å². The van der Waals surface area contributed by atoms with E-state index in [4.69, 9.17) is 4.42 Å². The Morgan fingerprint density at radius 1 is 0.844 bits per heavy atom. The number of furan rings is 1. The maximum absolute atomic E-state index is 6.31. The molecule has 0 spiro atoms. The van der Waals surface area contributed by atoms with Crippen molar-refractivity contribution in [2.45, 2.75) is 0 Å². The van der Waals surface area contributed by atoms with Gasteiger partial charge in [-0.15, -0.1) is 0 Å². The van der Waals surface area contributed by atoms with Crippen LogP contribution in [0, 0.1) is 0 Å². The molecule has 3 aromatic rings. The van der Waals surface area contributed by atoms with Gasteiger partial charge in [-0.05, 0) is 30.4 Å². The smallest absolute Gasteiger partial charge is 0.145 e. The second-order valence-electron chi connectivity index (χ2n) is 6.72. The lowest BCUT2D eigenvalue weighted by Gasteiger charge is -2.09. The molecule has 0 atom stereocenters. The minimum absolute atomic E-state index is 0.680. The second kappa shape index (κ2) is 10.1. The first-order chi connectivity index (χ1) is 15.7. The van der Waals surface area contributed by atoms with Crippen molar-refractivity contribution in [2.75, 3.05) is 0 Å². The summed E-state index contributed by atoms with van der Waals surface area (Å²) in [5.74, 6) is 1.38. The number of allylic oxidation sites excluding steroid dienone is 7. The lowest BCUT2D eigenvalue weighted by Crippen LogP contribution is -1.98. The zero-order valence-electron chi connectivity index (χ0n) is 18.1. The molecule has 0 N–H and O–H groups in total. The molecule has 0 unspecified atom stereocenters. The highest BCUT2D eigenvalue weighted by Crippen LogP contribution is 2.40. The molecule has 3 heteroatoms. The number of benzene rings is 1. The third-order valence-electron chi connectivity index (χ3n) is 4.92. The molecule has 0 aliphatic rings. The molecule has 0 aliphatic heterocycles. The highest BCUT2D eigenvalue weighted by atomic mass is 16.3. The van der Waals surface area contributed by atoms with Gasteiger partial charge < -0.3 is 4.42 Å². The maximum Gasteiger partial charge on any atom is 0.145 e. The van der Waals surface area contributed by atoms with Crippen LogP contribution in [0.3, 0.4) is 0 Å². The van der Waals surface area contributed by atoms with Crippen LogP contribution < -0.4 is 0 Å². The Hall–Kier alpha value is -4.37. The van der Waals surface area contributed by atoms with Crippen LogP contribution in [-0.2, 0) is 0 Å². The van der Waals surface area contributed by atoms with Gasteiger partial charge in [0.25, 0.3) is 0 Å². The van der Waals surface area contributed by atoms with Crippen LogP contribution in [0.4, 0.5) is 0 Å². The van der Waals surface area contributed by atoms with Gasteiger partial charge >= 0.3 is 0 Å². The van der Waals surface area contributed by atoms with Crippen molar-refractivity contribution < 1.29 is 4.42 Å². The molecule has 3 rings (SSSR count). The lowest BCUT2D eigenvalue weighted by atomic mass is 10.0. The molecule has 0 amide bonds. The van der Waals surface area contributed by atoms with Gasteiger partial charge in [0.1, 0.15) is 17.2 Å². The van der Waals surface area contributed by atoms with Crippen molar-refractivity contribution in [1.82, 2.24) is 4.57 Å². The summed E-state index contributed by atoms with van der Waals surface area (Å²) in [5.41, 5.74) is 4.47. The minimum Gasteiger partial charge on any atom is -0.455 e. The quantitative estimate of drug-likeness (QED) is 0.240. The van der Waals surface area contributed by atoms with Gasteiger partial charge in [0.15, 0.2) is 0 Å². The van der Waals surface area contributed by atoms with Crippen LogP contribution in [-0.4, -0.2) is 10.8 Å². The van der Waals surface area contributed by atoms with E-state index < -0.39 is 0 Å². The summed E-state index contributed by atoms with van der Waals surface area (Å²) in [4.78, 5) is 4.56. The molecule has 2 aromatic heterocycles. The molecule has 0 bridgehead atoms. The third kappa shape index (κ3) is 3.84. The van der Waals surface area contributed by atoms with E-state index in [-0.39, 0.29) is 0 Å². The van der Waals surface area contributed by atoms with E-state index in [1.54, 1.807) is 36.6 Å². The van der Waals surface area contributed by atoms with E-state index in [0.717, 1.165) is 38.7 Å². The Balaban J connectivity index is 2.57. The monoisotopic (exact) mass is 418 g/mol. The maximum atomic E-state index is 6.31. The van der Waals surface area contributed by atoms with E-state index in [2.05, 4.69) is 50.5 Å². The second-order valence-corrected chi connectivity index (χ2v) is 6.72. The fourth-order valence-corrected chi connectivity index (χ4v) is 3.69. The summed E-state index contributed by atoms with van der Waals surface area (Å²) in [5, 5.41) is 1.93. The summed E-state index contributed by atoms with van der Waals surface area (Å²) >= 11 is 0. The van der Waals surface area contributed by atoms with E-state index in [9.17, 15) is 0 Å². The first-order valence-electron chi connectivity index (χ1n) is 10.1. The molecule has 0 saturated heterocycles. The van der Waals surface area contributed by atoms with Gasteiger partial charge in [0.05, 0.1) is 16.6 Å². The SMILES string of the molecule is C=CC=N/C(=C\C=C)n1c(C=C)c(/C=C\C=C)c2c3oc(C=C)c(/C=C\C=C)c3ccc21. The predicted octanol–water partition coefficient (Wildman–Crippen LogP) is 8.31. The van der Waals surface area contributed by atoms with E-state index in [1.165, 1.54) is 0 Å². The van der Waals surface area contributed by atoms with E-state index in [0.29, 0.717) is 11.6 Å². The molecule has 0 aliphatic carbocycles. The summed E-state index contributed by atoms with van der Waals surface area (Å²) in [7, 11) is 0. The Morgan fingerprint density at radius 3 is 2.16 bits per heavy atom. The van der Waals surface area contributed by atoms with Gasteiger partial charge in [-0.2, -0.15) is 0 Å². The number of hydrogen-bond donors (Lipinski definition) is 0. The average molecular weight is 419 g/mol. The van der Waals surface area contributed by atoms with Crippen LogP contribution in [0.5, 0.6) is 0 Å². The molecule has 158 valence electrons. The number of fused-ring (bicyclic) bond motifs is 3. The van der Waals surface area contributed by atoms with Gasteiger partial charge in [0, 0.05) is 22.7 Å². The van der Waals surface area contributed by atoms with Crippen molar-refractivity contribution in [1.29, 1.82) is 0 Å². The highest BCUT2D eigenvalue weighted by molar-refractivity contribution is 6.13. The van der Waals surface area contributed by atoms with Crippen LogP contribution in [0.2, 0.25) is 0 Å². The van der Waals surface area contributed by atoms with Crippen molar-refractivity contribution in [3.05, 3.63) is 117 Å². The third-order valence-corrected chi connectivity index (χ3v) is 4.92. The van der Waals surface area contributed by atoms with Crippen molar-refractivity contribution in [2.24, 2.45) is 4.99 Å². The Morgan fingerprint density at radius 2 is 1.56 bits per heavy atom. The average Bonchev–Trinajstić information content (AvgIpc) is 3.33. The zero-order chi connectivity index (χ0) is 23.1. The molecule has 0 fully saturated rings. The molecular formula is C29H26N2O. The molecule has 1 aromatic carbocycles. The highest BCUT2D eigenvalue weighted by Gasteiger charge is 2.22. The topological polar surface area (TPSA) is 30.4 Å². The summed E-state index contributed by atoms with van der Waals surface area (Å²) in [6.45, 7) is 23.1. The molecule has 2 heterocycles. The Labute approximate surface area is 189 Å². The standard InChI is InChI=1S/C29H26N2O/c1-7-13-16-21-22-18-19-25-28(29(22)32-26(21)12-6)23(17-14-8-2)24(11-5)31(25)27(15-9-3)30-20-10-4/h7-20H,1-6H2/b16-13-,17-14-,27-15+,30-20?. The number of aromatic nitrogens is 1.